The Bertz CT molecular complexity index is 1090. The first-order chi connectivity index (χ1) is 19.3. The second-order valence-electron chi connectivity index (χ2n) is 11.4. The van der Waals surface area contributed by atoms with Crippen molar-refractivity contribution in [1.29, 1.82) is 0 Å². The maximum absolute atomic E-state index is 14.5. The van der Waals surface area contributed by atoms with E-state index >= 15 is 0 Å². The summed E-state index contributed by atoms with van der Waals surface area (Å²) < 4.78 is 6.92. The highest BCUT2D eigenvalue weighted by Crippen LogP contribution is 2.64. The minimum atomic E-state index is -1.06. The Balaban J connectivity index is 1.76. The van der Waals surface area contributed by atoms with Gasteiger partial charge in [0.25, 0.3) is 0 Å². The molecule has 3 aliphatic rings. The Kier molecular flexibility index (Phi) is 9.52. The summed E-state index contributed by atoms with van der Waals surface area (Å²) >= 11 is 0. The normalized spacial score (nSPS) is 28.4. The number of aliphatic hydroxyl groups excluding tert-OH is 1. The third kappa shape index (κ3) is 5.12. The summed E-state index contributed by atoms with van der Waals surface area (Å²) in [4.78, 5) is 48.2. The number of hydrogen-bond acceptors (Lipinski definition) is 5. The van der Waals surface area contributed by atoms with Crippen LogP contribution in [0.15, 0.2) is 55.6 Å². The number of unbranched alkanes of at least 4 members (excludes halogenated alkanes) is 1. The molecule has 2 bridgehead atoms. The number of hydrogen-bond donors (Lipinski definition) is 1. The molecule has 0 aromatic heterocycles. The molecule has 5 atom stereocenters. The van der Waals surface area contributed by atoms with E-state index in [-0.39, 0.29) is 24.3 Å². The van der Waals surface area contributed by atoms with Crippen molar-refractivity contribution in [3.05, 3.63) is 61.2 Å². The van der Waals surface area contributed by atoms with Gasteiger partial charge in [-0.1, -0.05) is 56.3 Å². The van der Waals surface area contributed by atoms with Gasteiger partial charge < -0.3 is 24.5 Å². The fraction of sp³-hybridized carbons (Fsp3) is 0.594. The first-order valence-corrected chi connectivity index (χ1v) is 14.8. The van der Waals surface area contributed by atoms with Gasteiger partial charge in [0.2, 0.25) is 17.7 Å². The zero-order chi connectivity index (χ0) is 28.9. The molecule has 3 fully saturated rings. The highest BCUT2D eigenvalue weighted by Gasteiger charge is 2.78. The third-order valence-corrected chi connectivity index (χ3v) is 9.02. The molecule has 1 spiro atoms. The molecular formula is C32H45N3O5. The highest BCUT2D eigenvalue weighted by atomic mass is 16.5. The molecule has 1 aromatic carbocycles. The van der Waals surface area contributed by atoms with Gasteiger partial charge in [-0.05, 0) is 44.1 Å². The van der Waals surface area contributed by atoms with Crippen LogP contribution in [0.25, 0.3) is 0 Å². The van der Waals surface area contributed by atoms with Gasteiger partial charge in [0, 0.05) is 39.3 Å². The van der Waals surface area contributed by atoms with Crippen LogP contribution < -0.4 is 0 Å². The van der Waals surface area contributed by atoms with E-state index in [0.717, 1.165) is 12.0 Å². The van der Waals surface area contributed by atoms with Crippen LogP contribution in [0, 0.1) is 11.8 Å². The number of amides is 3. The summed E-state index contributed by atoms with van der Waals surface area (Å²) in [6, 6.07) is 8.93. The highest BCUT2D eigenvalue weighted by molar-refractivity contribution is 5.99. The largest absolute Gasteiger partial charge is 0.396 e. The predicted molar refractivity (Wildman–Crippen MR) is 154 cm³/mol. The number of benzene rings is 1. The molecule has 40 heavy (non-hydrogen) atoms. The van der Waals surface area contributed by atoms with Crippen LogP contribution >= 0.6 is 0 Å². The van der Waals surface area contributed by atoms with Crippen LogP contribution in [-0.4, -0.2) is 87.6 Å². The SMILES string of the molecule is C=CCN(Cc1ccccc1)C(=O)C1N(CCCCO)C(=O)[C@@H]2[C@H](C(=O)N(CC=C)CCC)[C@]3(CC)CCC12O3. The summed E-state index contributed by atoms with van der Waals surface area (Å²) in [5, 5.41) is 9.44. The molecule has 2 unspecified atom stereocenters. The van der Waals surface area contributed by atoms with Crippen molar-refractivity contribution in [3.63, 3.8) is 0 Å². The fourth-order valence-electron chi connectivity index (χ4n) is 7.29. The molecular weight excluding hydrogens is 506 g/mol. The first-order valence-electron chi connectivity index (χ1n) is 14.8. The molecule has 0 saturated carbocycles. The van der Waals surface area contributed by atoms with Crippen molar-refractivity contribution in [1.82, 2.24) is 14.7 Å². The summed E-state index contributed by atoms with van der Waals surface area (Å²) in [5.74, 6) is -1.81. The van der Waals surface area contributed by atoms with E-state index in [1.165, 1.54) is 0 Å². The second kappa shape index (κ2) is 12.7. The van der Waals surface area contributed by atoms with Crippen LogP contribution in [0.4, 0.5) is 0 Å². The van der Waals surface area contributed by atoms with E-state index in [1.807, 2.05) is 44.2 Å². The minimum absolute atomic E-state index is 0.00982. The lowest BCUT2D eigenvalue weighted by Crippen LogP contribution is -2.56. The number of rotatable bonds is 15. The van der Waals surface area contributed by atoms with E-state index in [9.17, 15) is 19.5 Å². The topological polar surface area (TPSA) is 90.4 Å². The Morgan fingerprint density at radius 1 is 1.07 bits per heavy atom. The van der Waals surface area contributed by atoms with Crippen molar-refractivity contribution >= 4 is 17.7 Å². The smallest absolute Gasteiger partial charge is 0.248 e. The molecule has 8 nitrogen and oxygen atoms in total. The number of ether oxygens (including phenoxy) is 1. The number of aliphatic hydroxyl groups is 1. The molecule has 8 heteroatoms. The third-order valence-electron chi connectivity index (χ3n) is 9.02. The number of nitrogens with zero attached hydrogens (tertiary/aromatic N) is 3. The van der Waals surface area contributed by atoms with Gasteiger partial charge in [-0.2, -0.15) is 0 Å². The quantitative estimate of drug-likeness (QED) is 0.266. The van der Waals surface area contributed by atoms with Crippen molar-refractivity contribution in [2.75, 3.05) is 32.8 Å². The lowest BCUT2D eigenvalue weighted by molar-refractivity contribution is -0.155. The number of carbonyl (C=O) groups is 3. The monoisotopic (exact) mass is 551 g/mol. The van der Waals surface area contributed by atoms with Gasteiger partial charge in [-0.15, -0.1) is 13.2 Å². The van der Waals surface area contributed by atoms with Crippen molar-refractivity contribution < 1.29 is 24.2 Å². The summed E-state index contributed by atoms with van der Waals surface area (Å²) in [6.45, 7) is 13.8. The fourth-order valence-corrected chi connectivity index (χ4v) is 7.29. The average molecular weight is 552 g/mol. The second-order valence-corrected chi connectivity index (χ2v) is 11.4. The Hall–Kier alpha value is -2.97. The molecule has 4 rings (SSSR count). The molecule has 3 saturated heterocycles. The van der Waals surface area contributed by atoms with Crippen molar-refractivity contribution in [2.45, 2.75) is 76.2 Å². The molecule has 3 amide bonds. The Labute approximate surface area is 238 Å². The van der Waals surface area contributed by atoms with Crippen LogP contribution in [0.2, 0.25) is 0 Å². The van der Waals surface area contributed by atoms with Gasteiger partial charge in [0.1, 0.15) is 11.6 Å². The average Bonchev–Trinajstić information content (AvgIpc) is 3.56. The Morgan fingerprint density at radius 2 is 1.77 bits per heavy atom. The van der Waals surface area contributed by atoms with Crippen LogP contribution in [0.3, 0.4) is 0 Å². The molecule has 3 aliphatic heterocycles. The van der Waals surface area contributed by atoms with E-state index in [0.29, 0.717) is 64.8 Å². The number of fused-ring (bicyclic) bond motifs is 1. The Morgan fingerprint density at radius 3 is 2.40 bits per heavy atom. The maximum Gasteiger partial charge on any atom is 0.248 e. The van der Waals surface area contributed by atoms with Gasteiger partial charge >= 0.3 is 0 Å². The standard InChI is InChI=1S/C32H45N3O5/c1-5-18-33(19-6-2)28(37)25-26-29(38)35(21-12-13-22-36)27(32(26)17-16-31(25,8-4)40-32)30(39)34(20-7-3)23-24-14-10-9-11-15-24/h5,7,9-11,14-15,25-27,36H,1,3,6,8,12-13,16-23H2,2,4H3/t25-,26+,27?,31+,32?/m1/s1. The molecule has 218 valence electrons. The summed E-state index contributed by atoms with van der Waals surface area (Å²) in [7, 11) is 0. The zero-order valence-electron chi connectivity index (χ0n) is 24.1. The minimum Gasteiger partial charge on any atom is -0.396 e. The van der Waals surface area contributed by atoms with Crippen LogP contribution in [0.5, 0.6) is 0 Å². The summed E-state index contributed by atoms with van der Waals surface area (Å²) in [5.41, 5.74) is -0.855. The zero-order valence-corrected chi connectivity index (χ0v) is 24.1. The van der Waals surface area contributed by atoms with Crippen LogP contribution in [0.1, 0.15) is 57.9 Å². The van der Waals surface area contributed by atoms with E-state index in [4.69, 9.17) is 4.74 Å². The number of carbonyl (C=O) groups excluding carboxylic acids is 3. The molecule has 1 N–H and O–H groups in total. The van der Waals surface area contributed by atoms with E-state index in [2.05, 4.69) is 13.2 Å². The molecule has 0 aliphatic carbocycles. The first kappa shape index (κ1) is 30.0. The van der Waals surface area contributed by atoms with Gasteiger partial charge in [0.05, 0.1) is 17.4 Å². The van der Waals surface area contributed by atoms with Crippen LogP contribution in [-0.2, 0) is 25.7 Å². The predicted octanol–water partition coefficient (Wildman–Crippen LogP) is 3.55. The maximum atomic E-state index is 14.5. The van der Waals surface area contributed by atoms with E-state index in [1.54, 1.807) is 26.9 Å². The van der Waals surface area contributed by atoms with Gasteiger partial charge in [-0.25, -0.2) is 0 Å². The summed E-state index contributed by atoms with van der Waals surface area (Å²) in [6.07, 6.45) is 7.07. The lowest BCUT2D eigenvalue weighted by Gasteiger charge is -2.37. The van der Waals surface area contributed by atoms with Gasteiger partial charge in [-0.3, -0.25) is 14.4 Å². The number of likely N-dealkylation sites (tertiary alicyclic amines) is 1. The van der Waals surface area contributed by atoms with Crippen molar-refractivity contribution in [2.24, 2.45) is 11.8 Å². The molecule has 1 aromatic rings. The molecule has 0 radical (unpaired) electrons. The molecule has 3 heterocycles. The van der Waals surface area contributed by atoms with Gasteiger partial charge in [0.15, 0.2) is 0 Å². The van der Waals surface area contributed by atoms with Crippen molar-refractivity contribution in [3.8, 4) is 0 Å². The lowest BCUT2D eigenvalue weighted by atomic mass is 9.64. The van der Waals surface area contributed by atoms with E-state index < -0.39 is 29.1 Å².